The van der Waals surface area contributed by atoms with Crippen LogP contribution in [0.15, 0.2) is 12.2 Å². The summed E-state index contributed by atoms with van der Waals surface area (Å²) in [5, 5.41) is 12.9. The van der Waals surface area contributed by atoms with Gasteiger partial charge >= 0.3 is 6.09 Å². The van der Waals surface area contributed by atoms with Crippen LogP contribution in [0.5, 0.6) is 0 Å². The molecule has 130 valence electrons. The third-order valence-electron chi connectivity index (χ3n) is 5.19. The van der Waals surface area contributed by atoms with E-state index in [0.717, 1.165) is 32.1 Å². The van der Waals surface area contributed by atoms with Crippen LogP contribution in [-0.2, 0) is 4.74 Å². The molecule has 0 aromatic rings. The van der Waals surface area contributed by atoms with E-state index in [0.29, 0.717) is 30.1 Å². The van der Waals surface area contributed by atoms with Crippen molar-refractivity contribution in [2.24, 2.45) is 5.92 Å². The van der Waals surface area contributed by atoms with Gasteiger partial charge in [0.25, 0.3) is 0 Å². The lowest BCUT2D eigenvalue weighted by atomic mass is 9.96. The number of amides is 1. The van der Waals surface area contributed by atoms with Crippen molar-refractivity contribution in [1.82, 2.24) is 10.2 Å². The molecule has 3 aliphatic rings. The van der Waals surface area contributed by atoms with Crippen LogP contribution in [-0.4, -0.2) is 52.5 Å². The molecule has 0 aromatic carbocycles. The Balaban J connectivity index is 1.55. The summed E-state index contributed by atoms with van der Waals surface area (Å²) in [6.07, 6.45) is 9.31. The lowest BCUT2D eigenvalue weighted by molar-refractivity contribution is 0.00443. The first-order chi connectivity index (χ1) is 10.9. The summed E-state index contributed by atoms with van der Waals surface area (Å²) in [5.41, 5.74) is -0.431. The number of piperidine rings is 1. The Kier molecular flexibility index (Phi) is 4.70. The van der Waals surface area contributed by atoms with Gasteiger partial charge in [0.05, 0.1) is 0 Å². The van der Waals surface area contributed by atoms with Crippen LogP contribution in [0.3, 0.4) is 0 Å². The minimum Gasteiger partial charge on any atom is -0.444 e. The fraction of sp³-hybridized carbons (Fsp3) is 0.833. The Labute approximate surface area is 139 Å². The molecule has 1 aliphatic carbocycles. The van der Waals surface area contributed by atoms with Crippen LogP contribution < -0.4 is 5.32 Å². The molecular formula is C18H30N2O3. The van der Waals surface area contributed by atoms with Crippen LogP contribution in [0.1, 0.15) is 52.9 Å². The zero-order valence-corrected chi connectivity index (χ0v) is 14.5. The Hall–Kier alpha value is -1.07. The Morgan fingerprint density at radius 1 is 1.22 bits per heavy atom. The lowest BCUT2D eigenvalue weighted by Crippen LogP contribution is -2.53. The number of nitrogens with one attached hydrogen (secondary N) is 1. The largest absolute Gasteiger partial charge is 0.444 e. The van der Waals surface area contributed by atoms with E-state index in [4.69, 9.17) is 4.74 Å². The van der Waals surface area contributed by atoms with Crippen LogP contribution in [0.25, 0.3) is 0 Å². The maximum atomic E-state index is 12.5. The van der Waals surface area contributed by atoms with Gasteiger partial charge in [0.15, 0.2) is 0 Å². The summed E-state index contributed by atoms with van der Waals surface area (Å²) in [4.78, 5) is 14.4. The standard InChI is InChI=1S/C18H30N2O3/c1-18(2,3)23-17(22)20-15-6-7-16(20)10-14(9-15)19-13-5-4-12(8-13)11-21/h4-5,12-16,19,21H,6-11H2,1-3H3/t12-,13+,14?,15?,16?/m0/s1. The second-order valence-corrected chi connectivity index (χ2v) is 8.28. The predicted molar refractivity (Wildman–Crippen MR) is 89.2 cm³/mol. The molecule has 3 rings (SSSR count). The van der Waals surface area contributed by atoms with Gasteiger partial charge in [-0.15, -0.1) is 0 Å². The molecule has 5 nitrogen and oxygen atoms in total. The topological polar surface area (TPSA) is 61.8 Å². The number of carbonyl (C=O) groups excluding carboxylic acids is 1. The van der Waals surface area contributed by atoms with E-state index in [2.05, 4.69) is 17.5 Å². The molecule has 2 fully saturated rings. The third-order valence-corrected chi connectivity index (χ3v) is 5.19. The molecule has 2 N–H and O–H groups in total. The average molecular weight is 322 g/mol. The second-order valence-electron chi connectivity index (χ2n) is 8.28. The SMILES string of the molecule is CC(C)(C)OC(=O)N1C2CCC1CC(N[C@@H]1C=C[C@H](CO)C1)C2. The van der Waals surface area contributed by atoms with Gasteiger partial charge in [0, 0.05) is 36.7 Å². The number of carbonyl (C=O) groups is 1. The minimum atomic E-state index is -0.431. The molecule has 0 radical (unpaired) electrons. The Morgan fingerprint density at radius 3 is 2.39 bits per heavy atom. The second kappa shape index (κ2) is 6.44. The fourth-order valence-electron chi connectivity index (χ4n) is 4.26. The van der Waals surface area contributed by atoms with Crippen LogP contribution in [0.4, 0.5) is 4.79 Å². The molecular weight excluding hydrogens is 292 g/mol. The molecule has 4 atom stereocenters. The van der Waals surface area contributed by atoms with E-state index in [1.165, 1.54) is 0 Å². The smallest absolute Gasteiger partial charge is 0.410 e. The minimum absolute atomic E-state index is 0.149. The van der Waals surface area contributed by atoms with Crippen LogP contribution in [0, 0.1) is 5.92 Å². The van der Waals surface area contributed by atoms with Crippen LogP contribution >= 0.6 is 0 Å². The molecule has 2 aliphatic heterocycles. The summed E-state index contributed by atoms with van der Waals surface area (Å²) in [5.74, 6) is 0.297. The first-order valence-corrected chi connectivity index (χ1v) is 8.92. The summed E-state index contributed by atoms with van der Waals surface area (Å²) in [6, 6.07) is 1.43. The summed E-state index contributed by atoms with van der Waals surface area (Å²) in [7, 11) is 0. The summed E-state index contributed by atoms with van der Waals surface area (Å²) >= 11 is 0. The van der Waals surface area contributed by atoms with Crippen molar-refractivity contribution in [1.29, 1.82) is 0 Å². The molecule has 0 aromatic heterocycles. The lowest BCUT2D eigenvalue weighted by Gasteiger charge is -2.40. The predicted octanol–water partition coefficient (Wildman–Crippen LogP) is 2.44. The molecule has 2 bridgehead atoms. The molecule has 2 heterocycles. The normalized spacial score (nSPS) is 36.5. The van der Waals surface area contributed by atoms with Crippen molar-refractivity contribution in [3.8, 4) is 0 Å². The Morgan fingerprint density at radius 2 is 1.87 bits per heavy atom. The highest BCUT2D eigenvalue weighted by Gasteiger charge is 2.45. The highest BCUT2D eigenvalue weighted by Crippen LogP contribution is 2.37. The molecule has 0 saturated carbocycles. The maximum Gasteiger partial charge on any atom is 0.410 e. The third kappa shape index (κ3) is 3.89. The highest BCUT2D eigenvalue weighted by atomic mass is 16.6. The zero-order valence-electron chi connectivity index (χ0n) is 14.5. The maximum absolute atomic E-state index is 12.5. The molecule has 2 unspecified atom stereocenters. The van der Waals surface area contributed by atoms with Crippen molar-refractivity contribution < 1.29 is 14.6 Å². The molecule has 1 amide bonds. The van der Waals surface area contributed by atoms with Gasteiger partial charge in [0.1, 0.15) is 5.60 Å². The number of aliphatic hydroxyl groups excluding tert-OH is 1. The molecule has 2 saturated heterocycles. The van der Waals surface area contributed by atoms with Gasteiger partial charge in [-0.3, -0.25) is 0 Å². The fourth-order valence-corrected chi connectivity index (χ4v) is 4.26. The van der Waals surface area contributed by atoms with Crippen molar-refractivity contribution in [3.63, 3.8) is 0 Å². The van der Waals surface area contributed by atoms with Crippen molar-refractivity contribution in [2.75, 3.05) is 6.61 Å². The number of hydrogen-bond acceptors (Lipinski definition) is 4. The van der Waals surface area contributed by atoms with Gasteiger partial charge in [-0.2, -0.15) is 0 Å². The van der Waals surface area contributed by atoms with E-state index in [1.807, 2.05) is 25.7 Å². The number of rotatable bonds is 3. The molecule has 23 heavy (non-hydrogen) atoms. The van der Waals surface area contributed by atoms with Crippen molar-refractivity contribution in [3.05, 3.63) is 12.2 Å². The monoisotopic (exact) mass is 322 g/mol. The first kappa shape index (κ1) is 16.8. The van der Waals surface area contributed by atoms with Gasteiger partial charge in [0.2, 0.25) is 0 Å². The summed E-state index contributed by atoms with van der Waals surface area (Å²) < 4.78 is 5.58. The van der Waals surface area contributed by atoms with Gasteiger partial charge < -0.3 is 20.1 Å². The quantitative estimate of drug-likeness (QED) is 0.784. The Bertz CT molecular complexity index is 457. The van der Waals surface area contributed by atoms with E-state index in [1.54, 1.807) is 0 Å². The van der Waals surface area contributed by atoms with E-state index in [-0.39, 0.29) is 12.7 Å². The van der Waals surface area contributed by atoms with Gasteiger partial charge in [-0.1, -0.05) is 12.2 Å². The number of ether oxygens (including phenoxy) is 1. The van der Waals surface area contributed by atoms with E-state index >= 15 is 0 Å². The van der Waals surface area contributed by atoms with Crippen molar-refractivity contribution in [2.45, 2.75) is 82.6 Å². The van der Waals surface area contributed by atoms with Crippen LogP contribution in [0.2, 0.25) is 0 Å². The number of fused-ring (bicyclic) bond motifs is 2. The number of nitrogens with zero attached hydrogens (tertiary/aromatic N) is 1. The van der Waals surface area contributed by atoms with Gasteiger partial charge in [-0.05, 0) is 52.9 Å². The van der Waals surface area contributed by atoms with E-state index < -0.39 is 5.60 Å². The van der Waals surface area contributed by atoms with E-state index in [9.17, 15) is 9.90 Å². The molecule has 5 heteroatoms. The molecule has 0 spiro atoms. The average Bonchev–Trinajstić information content (AvgIpc) is 3.00. The number of aliphatic hydroxyl groups is 1. The highest BCUT2D eigenvalue weighted by molar-refractivity contribution is 5.69. The summed E-state index contributed by atoms with van der Waals surface area (Å²) in [6.45, 7) is 6.00. The zero-order chi connectivity index (χ0) is 16.6. The first-order valence-electron chi connectivity index (χ1n) is 8.92. The number of hydrogen-bond donors (Lipinski definition) is 2. The van der Waals surface area contributed by atoms with Gasteiger partial charge in [-0.25, -0.2) is 4.79 Å². The van der Waals surface area contributed by atoms with Crippen molar-refractivity contribution >= 4 is 6.09 Å².